The van der Waals surface area contributed by atoms with Gasteiger partial charge in [-0.25, -0.2) is 9.59 Å². The van der Waals surface area contributed by atoms with Crippen LogP contribution in [-0.4, -0.2) is 137 Å². The van der Waals surface area contributed by atoms with Crippen LogP contribution in [-0.2, 0) is 95.2 Å². The van der Waals surface area contributed by atoms with Crippen LogP contribution in [0.3, 0.4) is 0 Å². The van der Waals surface area contributed by atoms with Gasteiger partial charge in [0.25, 0.3) is 0 Å². The van der Waals surface area contributed by atoms with Gasteiger partial charge in [-0.3, -0.25) is 28.8 Å². The lowest BCUT2D eigenvalue weighted by Crippen LogP contribution is -2.63. The quantitative estimate of drug-likeness (QED) is 0.124. The normalized spacial score (nSPS) is 27.7. The molecule has 0 amide bonds. The molecule has 2 saturated heterocycles. The van der Waals surface area contributed by atoms with Gasteiger partial charge < -0.3 is 56.8 Å². The highest BCUT2D eigenvalue weighted by molar-refractivity contribution is 5.78. The van der Waals surface area contributed by atoms with E-state index in [0.29, 0.717) is 0 Å². The summed E-state index contributed by atoms with van der Waals surface area (Å²) >= 11 is 0. The summed E-state index contributed by atoms with van der Waals surface area (Å²) in [5, 5.41) is 0. The molecule has 0 bridgehead atoms. The molecule has 52 heavy (non-hydrogen) atoms. The van der Waals surface area contributed by atoms with Crippen LogP contribution in [0.4, 0.5) is 0 Å². The van der Waals surface area contributed by atoms with Crippen molar-refractivity contribution in [2.75, 3.05) is 27.4 Å². The lowest BCUT2D eigenvalue weighted by atomic mass is 9.97. The second kappa shape index (κ2) is 20.5. The van der Waals surface area contributed by atoms with Gasteiger partial charge in [0.2, 0.25) is 12.6 Å². The molecular weight excluding hydrogens is 704 g/mol. The Balaban J connectivity index is 2.24. The summed E-state index contributed by atoms with van der Waals surface area (Å²) in [5.41, 5.74) is 0. The Bertz CT molecular complexity index is 1370. The van der Waals surface area contributed by atoms with E-state index in [2.05, 4.69) is 23.7 Å². The Morgan fingerprint density at radius 1 is 0.442 bits per heavy atom. The minimum atomic E-state index is -1.67. The van der Waals surface area contributed by atoms with Crippen molar-refractivity contribution in [2.45, 2.75) is 103 Å². The van der Waals surface area contributed by atoms with Crippen LogP contribution >= 0.6 is 0 Å². The van der Waals surface area contributed by atoms with Crippen molar-refractivity contribution in [1.82, 2.24) is 0 Å². The number of carbonyl (C=O) groups excluding carboxylic acids is 8. The molecule has 2 aliphatic heterocycles. The molecule has 0 aromatic carbocycles. The van der Waals surface area contributed by atoms with Crippen LogP contribution in [0, 0.1) is 23.7 Å². The molecule has 0 aromatic rings. The van der Waals surface area contributed by atoms with Gasteiger partial charge in [0.15, 0.2) is 48.8 Å². The molecule has 286 valence electrons. The molecule has 2 rings (SSSR count). The second-order valence-electron chi connectivity index (χ2n) is 10.6. The van der Waals surface area contributed by atoms with Crippen LogP contribution in [0.1, 0.15) is 41.5 Å². The van der Waals surface area contributed by atoms with Crippen molar-refractivity contribution in [2.24, 2.45) is 0 Å². The first kappa shape index (κ1) is 42.9. The Morgan fingerprint density at radius 3 is 0.981 bits per heavy atom. The Morgan fingerprint density at radius 2 is 0.712 bits per heavy atom. The first-order valence-corrected chi connectivity index (χ1v) is 15.2. The van der Waals surface area contributed by atoms with Gasteiger partial charge in [0, 0.05) is 41.5 Å². The van der Waals surface area contributed by atoms with Crippen LogP contribution in [0.25, 0.3) is 0 Å². The van der Waals surface area contributed by atoms with E-state index in [1.165, 1.54) is 0 Å². The van der Waals surface area contributed by atoms with Crippen molar-refractivity contribution < 1.29 is 95.2 Å². The molecule has 2 aliphatic rings. The number of rotatable bonds is 12. The summed E-state index contributed by atoms with van der Waals surface area (Å²) in [6, 6.07) is 0. The maximum absolute atomic E-state index is 12.5. The number of ether oxygens (including phenoxy) is 12. The van der Waals surface area contributed by atoms with E-state index in [1.54, 1.807) is 0 Å². The Kier molecular flexibility index (Phi) is 16.9. The topological polar surface area (TPSA) is 247 Å². The largest absolute Gasteiger partial charge is 0.467 e. The van der Waals surface area contributed by atoms with Crippen LogP contribution < -0.4 is 0 Å². The summed E-state index contributed by atoms with van der Waals surface area (Å²) in [6.45, 7) is 5.31. The number of hydrogen-bond acceptors (Lipinski definition) is 20. The third-order valence-electron chi connectivity index (χ3n) is 6.55. The molecule has 20 nitrogen and oxygen atoms in total. The third-order valence-corrected chi connectivity index (χ3v) is 6.55. The highest BCUT2D eigenvalue weighted by atomic mass is 16.7. The molecule has 0 saturated carbocycles. The Labute approximate surface area is 297 Å². The molecular formula is C32H38O20. The molecule has 0 spiro atoms. The summed E-state index contributed by atoms with van der Waals surface area (Å²) in [6.07, 6.45) is -15.8. The van der Waals surface area contributed by atoms with Crippen molar-refractivity contribution in [3.05, 3.63) is 0 Å². The molecule has 0 radical (unpaired) electrons. The fourth-order valence-corrected chi connectivity index (χ4v) is 4.84. The average Bonchev–Trinajstić information content (AvgIpc) is 3.04. The van der Waals surface area contributed by atoms with Gasteiger partial charge in [0.1, 0.15) is 13.2 Å². The highest BCUT2D eigenvalue weighted by Gasteiger charge is 2.56. The lowest BCUT2D eigenvalue weighted by Gasteiger charge is -2.42. The van der Waals surface area contributed by atoms with Crippen molar-refractivity contribution in [3.8, 4) is 23.7 Å². The monoisotopic (exact) mass is 742 g/mol. The molecule has 0 aromatic heterocycles. The van der Waals surface area contributed by atoms with Crippen molar-refractivity contribution in [3.63, 3.8) is 0 Å². The third kappa shape index (κ3) is 12.8. The number of hydrogen-bond donors (Lipinski definition) is 0. The van der Waals surface area contributed by atoms with Gasteiger partial charge in [-0.1, -0.05) is 11.8 Å². The summed E-state index contributed by atoms with van der Waals surface area (Å²) in [7, 11) is 2.07. The van der Waals surface area contributed by atoms with Crippen molar-refractivity contribution in [1.29, 1.82) is 0 Å². The summed E-state index contributed by atoms with van der Waals surface area (Å²) in [4.78, 5) is 96.3. The highest BCUT2D eigenvalue weighted by Crippen LogP contribution is 2.31. The minimum Gasteiger partial charge on any atom is -0.467 e. The van der Waals surface area contributed by atoms with E-state index in [0.717, 1.165) is 55.8 Å². The van der Waals surface area contributed by atoms with Gasteiger partial charge >= 0.3 is 47.8 Å². The minimum absolute atomic E-state index is 0.459. The molecule has 0 unspecified atom stereocenters. The molecule has 2 heterocycles. The maximum Gasteiger partial charge on any atom is 0.339 e. The second-order valence-corrected chi connectivity index (χ2v) is 10.6. The maximum atomic E-state index is 12.5. The average molecular weight is 743 g/mol. The van der Waals surface area contributed by atoms with Gasteiger partial charge in [-0.2, -0.15) is 0 Å². The van der Waals surface area contributed by atoms with E-state index < -0.39 is 122 Å². The fourth-order valence-electron chi connectivity index (χ4n) is 4.84. The van der Waals surface area contributed by atoms with Gasteiger partial charge in [0.05, 0.1) is 14.2 Å². The molecule has 2 fully saturated rings. The zero-order valence-corrected chi connectivity index (χ0v) is 29.4. The zero-order chi connectivity index (χ0) is 39.1. The standard InChI is InChI=1S/C32H38O20/c1-15(33)45-21-23(47-17(3)35)27(49-19(5)37)31(51-25(21)29(39)41-7)43-13-11-9-10-12-14-44-32-28(50-20(6)38)24(48-18(4)36)22(46-16(2)34)26(52-32)30(40)42-8/h21-28,31-32H,13-14H2,1-8H3/t21-,22-,23-,24-,25-,26-,27+,28+,31+,32+/m0/s1. The predicted molar refractivity (Wildman–Crippen MR) is 162 cm³/mol. The van der Waals surface area contributed by atoms with Crippen LogP contribution in [0.5, 0.6) is 0 Å². The van der Waals surface area contributed by atoms with E-state index >= 15 is 0 Å². The van der Waals surface area contributed by atoms with Crippen LogP contribution in [0.15, 0.2) is 0 Å². The first-order chi connectivity index (χ1) is 24.5. The van der Waals surface area contributed by atoms with E-state index in [1.807, 2.05) is 0 Å². The first-order valence-electron chi connectivity index (χ1n) is 15.2. The lowest BCUT2D eigenvalue weighted by molar-refractivity contribution is -0.299. The van der Waals surface area contributed by atoms with E-state index in [4.69, 9.17) is 56.8 Å². The van der Waals surface area contributed by atoms with Gasteiger partial charge in [-0.05, 0) is 11.8 Å². The molecule has 0 N–H and O–H groups in total. The molecule has 0 aliphatic carbocycles. The fraction of sp³-hybridized carbons (Fsp3) is 0.625. The summed E-state index contributed by atoms with van der Waals surface area (Å²) < 4.78 is 63.1. The summed E-state index contributed by atoms with van der Waals surface area (Å²) in [5.74, 6) is 2.67. The smallest absolute Gasteiger partial charge is 0.339 e. The predicted octanol–water partition coefficient (Wildman–Crippen LogP) is -1.59. The Hall–Kier alpha value is -5.28. The van der Waals surface area contributed by atoms with Gasteiger partial charge in [-0.15, -0.1) is 0 Å². The van der Waals surface area contributed by atoms with Crippen molar-refractivity contribution >= 4 is 47.8 Å². The molecule has 10 atom stereocenters. The van der Waals surface area contributed by atoms with E-state index in [9.17, 15) is 38.4 Å². The number of methoxy groups -OCH3 is 2. The SMILES string of the molecule is COC(=O)[C@H]1O[C@@H](OCC#CC#CCO[C@@H]2O[C@H](C(=O)OC)[C@@H](OC(C)=O)[C@H](OC(C)=O)[C@H]2OC(C)=O)[C@H](OC(C)=O)[C@@H](OC(C)=O)[C@@H]1OC(C)=O. The van der Waals surface area contributed by atoms with E-state index in [-0.39, 0.29) is 0 Å². The molecule has 20 heteroatoms. The number of esters is 8. The zero-order valence-electron chi connectivity index (χ0n) is 29.4. The number of carbonyl (C=O) groups is 8. The van der Waals surface area contributed by atoms with Crippen LogP contribution in [0.2, 0.25) is 0 Å².